The van der Waals surface area contributed by atoms with Gasteiger partial charge < -0.3 is 5.32 Å². The fourth-order valence-electron chi connectivity index (χ4n) is 3.18. The number of nitrogens with one attached hydrogen (secondary N) is 1. The van der Waals surface area contributed by atoms with E-state index in [0.717, 1.165) is 6.54 Å². The van der Waals surface area contributed by atoms with E-state index in [4.69, 9.17) is 0 Å². The van der Waals surface area contributed by atoms with Crippen LogP contribution in [0.5, 0.6) is 0 Å². The summed E-state index contributed by atoms with van der Waals surface area (Å²) in [6.45, 7) is 5.77. The van der Waals surface area contributed by atoms with Crippen molar-refractivity contribution in [2.45, 2.75) is 25.9 Å². The second-order valence-corrected chi connectivity index (χ2v) is 6.10. The number of piperidine rings is 1. The number of hydrogen-bond acceptors (Lipinski definition) is 2. The van der Waals surface area contributed by atoms with Crippen molar-refractivity contribution >= 4 is 5.69 Å². The molecular formula is C19H24N2. The summed E-state index contributed by atoms with van der Waals surface area (Å²) in [6.07, 6.45) is 1.21. The molecule has 2 atom stereocenters. The van der Waals surface area contributed by atoms with Crippen LogP contribution in [-0.4, -0.2) is 24.0 Å². The average Bonchev–Trinajstić information content (AvgIpc) is 2.52. The molecule has 0 saturated carbocycles. The monoisotopic (exact) mass is 280 g/mol. The minimum absolute atomic E-state index is 0.583. The molecule has 1 heterocycles. The van der Waals surface area contributed by atoms with E-state index >= 15 is 0 Å². The predicted molar refractivity (Wildman–Crippen MR) is 89.4 cm³/mol. The number of hydrogen-bond donors (Lipinski definition) is 1. The fraction of sp³-hybridized carbons (Fsp3) is 0.368. The fourth-order valence-corrected chi connectivity index (χ4v) is 3.18. The van der Waals surface area contributed by atoms with Gasteiger partial charge in [0.1, 0.15) is 0 Å². The summed E-state index contributed by atoms with van der Waals surface area (Å²) in [4.78, 5) is 2.57. The van der Waals surface area contributed by atoms with E-state index in [2.05, 4.69) is 77.8 Å². The lowest BCUT2D eigenvalue weighted by Gasteiger charge is -2.37. The van der Waals surface area contributed by atoms with Crippen molar-refractivity contribution in [2.24, 2.45) is 5.92 Å². The molecule has 2 nitrogen and oxygen atoms in total. The Morgan fingerprint density at radius 1 is 1.00 bits per heavy atom. The zero-order valence-electron chi connectivity index (χ0n) is 12.7. The SMILES string of the molecule is C[C@@H]1CN(Cc2ccccc2)CCC1Nc1ccccc1. The summed E-state index contributed by atoms with van der Waals surface area (Å²) in [5, 5.41) is 3.69. The molecule has 21 heavy (non-hydrogen) atoms. The molecule has 2 aromatic carbocycles. The third-order valence-electron chi connectivity index (χ3n) is 4.36. The molecule has 0 aromatic heterocycles. The van der Waals surface area contributed by atoms with Crippen LogP contribution in [0.3, 0.4) is 0 Å². The van der Waals surface area contributed by atoms with Crippen molar-refractivity contribution < 1.29 is 0 Å². The van der Waals surface area contributed by atoms with E-state index in [-0.39, 0.29) is 0 Å². The highest BCUT2D eigenvalue weighted by Gasteiger charge is 2.25. The summed E-state index contributed by atoms with van der Waals surface area (Å²) >= 11 is 0. The van der Waals surface area contributed by atoms with Crippen molar-refractivity contribution in [3.8, 4) is 0 Å². The van der Waals surface area contributed by atoms with Gasteiger partial charge in [0.15, 0.2) is 0 Å². The summed E-state index contributed by atoms with van der Waals surface area (Å²) in [5.41, 5.74) is 2.66. The van der Waals surface area contributed by atoms with Crippen molar-refractivity contribution in [1.82, 2.24) is 4.90 Å². The highest BCUT2D eigenvalue weighted by Crippen LogP contribution is 2.22. The number of para-hydroxylation sites is 1. The Balaban J connectivity index is 1.54. The van der Waals surface area contributed by atoms with Crippen molar-refractivity contribution in [2.75, 3.05) is 18.4 Å². The van der Waals surface area contributed by atoms with Crippen molar-refractivity contribution in [1.29, 1.82) is 0 Å². The third kappa shape index (κ3) is 3.85. The van der Waals surface area contributed by atoms with Crippen LogP contribution in [0.4, 0.5) is 5.69 Å². The van der Waals surface area contributed by atoms with Crippen LogP contribution in [0.2, 0.25) is 0 Å². The molecular weight excluding hydrogens is 256 g/mol. The van der Waals surface area contributed by atoms with Crippen LogP contribution < -0.4 is 5.32 Å². The number of benzene rings is 2. The largest absolute Gasteiger partial charge is 0.382 e. The molecule has 1 N–H and O–H groups in total. The van der Waals surface area contributed by atoms with Gasteiger partial charge in [0, 0.05) is 31.4 Å². The summed E-state index contributed by atoms with van der Waals surface area (Å²) in [6, 6.07) is 21.9. The lowest BCUT2D eigenvalue weighted by atomic mass is 9.93. The van der Waals surface area contributed by atoms with E-state index in [0.29, 0.717) is 12.0 Å². The molecule has 2 aromatic rings. The van der Waals surface area contributed by atoms with Gasteiger partial charge in [-0.3, -0.25) is 4.90 Å². The quantitative estimate of drug-likeness (QED) is 0.910. The van der Waals surface area contributed by atoms with Crippen LogP contribution in [0, 0.1) is 5.92 Å². The number of rotatable bonds is 4. The molecule has 0 bridgehead atoms. The van der Waals surface area contributed by atoms with E-state index in [1.54, 1.807) is 0 Å². The third-order valence-corrected chi connectivity index (χ3v) is 4.36. The van der Waals surface area contributed by atoms with Gasteiger partial charge in [0.25, 0.3) is 0 Å². The Labute approximate surface area is 127 Å². The van der Waals surface area contributed by atoms with Gasteiger partial charge in [-0.1, -0.05) is 55.5 Å². The van der Waals surface area contributed by atoms with E-state index < -0.39 is 0 Å². The number of likely N-dealkylation sites (tertiary alicyclic amines) is 1. The van der Waals surface area contributed by atoms with Crippen LogP contribution in [0.15, 0.2) is 60.7 Å². The highest BCUT2D eigenvalue weighted by molar-refractivity contribution is 5.43. The minimum Gasteiger partial charge on any atom is -0.382 e. The van der Waals surface area contributed by atoms with Crippen LogP contribution >= 0.6 is 0 Å². The van der Waals surface area contributed by atoms with Gasteiger partial charge in [-0.2, -0.15) is 0 Å². The Morgan fingerprint density at radius 3 is 2.33 bits per heavy atom. The zero-order valence-corrected chi connectivity index (χ0v) is 12.7. The van der Waals surface area contributed by atoms with Gasteiger partial charge >= 0.3 is 0 Å². The van der Waals surface area contributed by atoms with Gasteiger partial charge in [-0.25, -0.2) is 0 Å². The molecule has 1 aliphatic rings. The van der Waals surface area contributed by atoms with Crippen LogP contribution in [0.25, 0.3) is 0 Å². The number of anilines is 1. The Bertz CT molecular complexity index is 538. The van der Waals surface area contributed by atoms with Gasteiger partial charge in [-0.05, 0) is 30.0 Å². The minimum atomic E-state index is 0.583. The zero-order chi connectivity index (χ0) is 14.5. The topological polar surface area (TPSA) is 15.3 Å². The predicted octanol–water partition coefficient (Wildman–Crippen LogP) is 4.01. The summed E-state index contributed by atoms with van der Waals surface area (Å²) in [5.74, 6) is 0.669. The smallest absolute Gasteiger partial charge is 0.0342 e. The molecule has 0 radical (unpaired) electrons. The maximum Gasteiger partial charge on any atom is 0.0342 e. The first kappa shape index (κ1) is 14.2. The van der Waals surface area contributed by atoms with Gasteiger partial charge in [0.05, 0.1) is 0 Å². The standard InChI is InChI=1S/C19H24N2/c1-16-14-21(15-17-8-4-2-5-9-17)13-12-19(16)20-18-10-6-3-7-11-18/h2-11,16,19-20H,12-15H2,1H3/t16-,19?/m1/s1. The van der Waals surface area contributed by atoms with Crippen LogP contribution in [0.1, 0.15) is 18.9 Å². The molecule has 1 aliphatic heterocycles. The van der Waals surface area contributed by atoms with Gasteiger partial charge in [-0.15, -0.1) is 0 Å². The average molecular weight is 280 g/mol. The lowest BCUT2D eigenvalue weighted by molar-refractivity contribution is 0.165. The molecule has 1 saturated heterocycles. The van der Waals surface area contributed by atoms with Crippen molar-refractivity contribution in [3.05, 3.63) is 66.2 Å². The maximum absolute atomic E-state index is 3.69. The summed E-state index contributed by atoms with van der Waals surface area (Å²) in [7, 11) is 0. The first-order valence-electron chi connectivity index (χ1n) is 7.89. The molecule has 0 aliphatic carbocycles. The highest BCUT2D eigenvalue weighted by atomic mass is 15.1. The molecule has 1 unspecified atom stereocenters. The summed E-state index contributed by atoms with van der Waals surface area (Å²) < 4.78 is 0. The maximum atomic E-state index is 3.69. The van der Waals surface area contributed by atoms with E-state index in [1.807, 2.05) is 0 Å². The van der Waals surface area contributed by atoms with E-state index in [9.17, 15) is 0 Å². The molecule has 1 fully saturated rings. The first-order chi connectivity index (χ1) is 10.3. The first-order valence-corrected chi connectivity index (χ1v) is 7.89. The Kier molecular flexibility index (Phi) is 4.56. The molecule has 3 rings (SSSR count). The Hall–Kier alpha value is -1.80. The lowest BCUT2D eigenvalue weighted by Crippen LogP contribution is -2.44. The molecule has 2 heteroatoms. The van der Waals surface area contributed by atoms with Crippen molar-refractivity contribution in [3.63, 3.8) is 0 Å². The molecule has 110 valence electrons. The molecule has 0 amide bonds. The Morgan fingerprint density at radius 2 is 1.67 bits per heavy atom. The second kappa shape index (κ2) is 6.77. The normalized spacial score (nSPS) is 22.9. The molecule has 0 spiro atoms. The second-order valence-electron chi connectivity index (χ2n) is 6.10. The number of nitrogens with zero attached hydrogens (tertiary/aromatic N) is 1. The van der Waals surface area contributed by atoms with Crippen LogP contribution in [-0.2, 0) is 6.54 Å². The van der Waals surface area contributed by atoms with Gasteiger partial charge in [0.2, 0.25) is 0 Å². The van der Waals surface area contributed by atoms with E-state index in [1.165, 1.54) is 30.8 Å².